The molecule has 0 radical (unpaired) electrons. The van der Waals surface area contributed by atoms with Crippen LogP contribution in [0.3, 0.4) is 0 Å². The molecule has 2 atom stereocenters. The number of phosphoric ester groups is 1. The predicted octanol–water partition coefficient (Wildman–Crippen LogP) is 26.3. The van der Waals surface area contributed by atoms with Crippen LogP contribution in [-0.4, -0.2) is 49.3 Å². The second-order valence-corrected chi connectivity index (χ2v) is 28.0. The zero-order valence-electron chi connectivity index (χ0n) is 60.1. The number of carbonyl (C=O) groups is 2. The van der Waals surface area contributed by atoms with E-state index in [0.29, 0.717) is 6.42 Å². The van der Waals surface area contributed by atoms with Gasteiger partial charge in [-0.25, -0.2) is 4.57 Å². The smallest absolute Gasteiger partial charge is 0.462 e. The molecule has 0 aromatic heterocycles. The summed E-state index contributed by atoms with van der Waals surface area (Å²) in [4.78, 5) is 35.5. The van der Waals surface area contributed by atoms with Crippen molar-refractivity contribution in [1.82, 2.24) is 0 Å². The van der Waals surface area contributed by atoms with E-state index in [0.717, 1.165) is 77.0 Å². The highest BCUT2D eigenvalue weighted by Gasteiger charge is 2.26. The van der Waals surface area contributed by atoms with Crippen molar-refractivity contribution in [3.8, 4) is 0 Å². The highest BCUT2D eigenvalue weighted by atomic mass is 31.2. The molecule has 0 saturated heterocycles. The van der Waals surface area contributed by atoms with Gasteiger partial charge in [-0.2, -0.15) is 0 Å². The van der Waals surface area contributed by atoms with Crippen molar-refractivity contribution >= 4 is 19.8 Å². The van der Waals surface area contributed by atoms with E-state index in [1.54, 1.807) is 0 Å². The first kappa shape index (κ1) is 88.5. The van der Waals surface area contributed by atoms with E-state index in [1.807, 2.05) is 0 Å². The quantitative estimate of drug-likeness (QED) is 0.0264. The first-order valence-electron chi connectivity index (χ1n) is 39.4. The molecular weight excluding hydrogens is 1150 g/mol. The van der Waals surface area contributed by atoms with Crippen LogP contribution in [0.1, 0.15) is 399 Å². The number of carbonyl (C=O) groups excluding carboxylic acids is 2. The SMILES string of the molecule is CC/C=C\C/C=C\C/C=C\C/C=C\C/C=C\C/C=C\CCCCCCCCCCCCCCCCCCCCC(=O)OC(COC(=O)CCCCCCCCCCCCCCCCCCCCCCCCCCCCCCCCCCC)COP(=O)(O)OCCN. The average molecular weight is 1300 g/mol. The molecule has 0 saturated carbocycles. The van der Waals surface area contributed by atoms with Gasteiger partial charge in [0.2, 0.25) is 0 Å². The topological polar surface area (TPSA) is 134 Å². The Kier molecular flexibility index (Phi) is 74.3. The number of nitrogens with two attached hydrogens (primary N) is 1. The summed E-state index contributed by atoms with van der Waals surface area (Å²) < 4.78 is 33.3. The summed E-state index contributed by atoms with van der Waals surface area (Å²) in [6, 6.07) is 0. The highest BCUT2D eigenvalue weighted by Crippen LogP contribution is 2.43. The van der Waals surface area contributed by atoms with Gasteiger partial charge in [-0.1, -0.05) is 395 Å². The van der Waals surface area contributed by atoms with Crippen molar-refractivity contribution in [1.29, 1.82) is 0 Å². The molecule has 0 fully saturated rings. The third kappa shape index (κ3) is 76.4. The van der Waals surface area contributed by atoms with Crippen LogP contribution in [0.4, 0.5) is 0 Å². The molecule has 0 aromatic rings. The molecule has 0 rings (SSSR count). The number of hydrogen-bond acceptors (Lipinski definition) is 8. The van der Waals surface area contributed by atoms with Crippen LogP contribution in [0.15, 0.2) is 72.9 Å². The van der Waals surface area contributed by atoms with Crippen molar-refractivity contribution in [2.75, 3.05) is 26.4 Å². The standard InChI is InChI=1S/C81H150NO8P/c1-3-5-7-9-11-13-15-17-19-21-23-25-27-29-31-33-35-37-38-39-40-42-44-46-48-50-52-54-56-58-60-62-64-66-68-70-72-74-81(84)90-79(78-89-91(85,86)88-76-75-82)77-87-80(83)73-71-69-67-65-63-61-59-57-55-53-51-49-47-45-43-41-36-34-32-30-28-26-24-22-20-18-16-14-12-10-8-6-4-2/h5,7,11,13,17,19,23,25,29,31,35,37,79H,3-4,6,8-10,12,14-16,18,20-22,24,26-28,30,32-34,36,38-78,82H2,1-2H3,(H,85,86)/b7-5-,13-11-,19-17-,25-23-,31-29-,37-35-. The van der Waals surface area contributed by atoms with Crippen LogP contribution < -0.4 is 5.73 Å². The molecule has 91 heavy (non-hydrogen) atoms. The molecule has 10 heteroatoms. The normalized spacial score (nSPS) is 13.2. The van der Waals surface area contributed by atoms with Crippen molar-refractivity contribution in [3.05, 3.63) is 72.9 Å². The summed E-state index contributed by atoms with van der Waals surface area (Å²) in [6.07, 6.45) is 102. The third-order valence-corrected chi connectivity index (χ3v) is 18.6. The monoisotopic (exact) mass is 1300 g/mol. The largest absolute Gasteiger partial charge is 0.472 e. The van der Waals surface area contributed by atoms with E-state index < -0.39 is 26.5 Å². The molecule has 9 nitrogen and oxygen atoms in total. The molecule has 532 valence electrons. The average Bonchev–Trinajstić information content (AvgIpc) is 3.74. The second-order valence-electron chi connectivity index (χ2n) is 26.6. The Morgan fingerprint density at radius 2 is 0.604 bits per heavy atom. The molecule has 2 unspecified atom stereocenters. The highest BCUT2D eigenvalue weighted by molar-refractivity contribution is 7.47. The lowest BCUT2D eigenvalue weighted by Crippen LogP contribution is -2.29. The molecule has 0 heterocycles. The first-order valence-corrected chi connectivity index (χ1v) is 40.9. The molecule has 0 spiro atoms. The van der Waals surface area contributed by atoms with Crippen LogP contribution in [0.25, 0.3) is 0 Å². The van der Waals surface area contributed by atoms with Crippen LogP contribution in [0, 0.1) is 0 Å². The second kappa shape index (κ2) is 76.5. The Hall–Kier alpha value is -2.55. The fourth-order valence-corrected chi connectivity index (χ4v) is 12.6. The van der Waals surface area contributed by atoms with Crippen LogP contribution in [0.2, 0.25) is 0 Å². The van der Waals surface area contributed by atoms with E-state index >= 15 is 0 Å². The number of hydrogen-bond donors (Lipinski definition) is 2. The Morgan fingerprint density at radius 1 is 0.341 bits per heavy atom. The number of phosphoric acid groups is 1. The van der Waals surface area contributed by atoms with Crippen molar-refractivity contribution in [2.45, 2.75) is 405 Å². The molecule has 3 N–H and O–H groups in total. The predicted molar refractivity (Wildman–Crippen MR) is 395 cm³/mol. The lowest BCUT2D eigenvalue weighted by molar-refractivity contribution is -0.161. The van der Waals surface area contributed by atoms with Crippen LogP contribution >= 0.6 is 7.82 Å². The number of esters is 2. The van der Waals surface area contributed by atoms with Gasteiger partial charge >= 0.3 is 19.8 Å². The van der Waals surface area contributed by atoms with Crippen molar-refractivity contribution in [2.24, 2.45) is 5.73 Å². The first-order chi connectivity index (χ1) is 44.8. The maximum Gasteiger partial charge on any atom is 0.472 e. The summed E-state index contributed by atoms with van der Waals surface area (Å²) in [5, 5.41) is 0. The van der Waals surface area contributed by atoms with Crippen molar-refractivity contribution < 1.29 is 37.6 Å². The van der Waals surface area contributed by atoms with Crippen LogP contribution in [-0.2, 0) is 32.7 Å². The van der Waals surface area contributed by atoms with Crippen molar-refractivity contribution in [3.63, 3.8) is 0 Å². The maximum atomic E-state index is 12.8. The Morgan fingerprint density at radius 3 is 0.901 bits per heavy atom. The fraction of sp³-hybridized carbons (Fsp3) is 0.827. The van der Waals surface area contributed by atoms with Gasteiger partial charge in [0.25, 0.3) is 0 Å². The van der Waals surface area contributed by atoms with E-state index in [-0.39, 0.29) is 38.6 Å². The van der Waals surface area contributed by atoms with Crippen LogP contribution in [0.5, 0.6) is 0 Å². The molecule has 0 aromatic carbocycles. The Bertz CT molecular complexity index is 1720. The third-order valence-electron chi connectivity index (χ3n) is 17.6. The minimum atomic E-state index is -4.40. The van der Waals surface area contributed by atoms with Gasteiger partial charge in [-0.3, -0.25) is 18.6 Å². The summed E-state index contributed by atoms with van der Waals surface area (Å²) >= 11 is 0. The van der Waals surface area contributed by atoms with E-state index in [9.17, 15) is 19.0 Å². The summed E-state index contributed by atoms with van der Waals surface area (Å²) in [5.74, 6) is -0.806. The summed E-state index contributed by atoms with van der Waals surface area (Å²) in [7, 11) is -4.40. The molecular formula is C81H150NO8P. The van der Waals surface area contributed by atoms with E-state index in [2.05, 4.69) is 86.8 Å². The molecule has 0 aliphatic carbocycles. The zero-order chi connectivity index (χ0) is 65.8. The number of ether oxygens (including phenoxy) is 2. The summed E-state index contributed by atoms with van der Waals surface area (Å²) in [6.45, 7) is 3.70. The lowest BCUT2D eigenvalue weighted by Gasteiger charge is -2.19. The van der Waals surface area contributed by atoms with Gasteiger partial charge in [0.05, 0.1) is 13.2 Å². The van der Waals surface area contributed by atoms with Gasteiger partial charge < -0.3 is 20.1 Å². The maximum absolute atomic E-state index is 12.8. The molecule has 0 aliphatic heterocycles. The Balaban J connectivity index is 3.78. The zero-order valence-corrected chi connectivity index (χ0v) is 61.0. The fourth-order valence-electron chi connectivity index (χ4n) is 11.8. The number of unbranched alkanes of at least 4 members (excludes halogenated alkanes) is 50. The molecule has 0 bridgehead atoms. The Labute approximate surface area is 564 Å². The van der Waals surface area contributed by atoms with Gasteiger partial charge in [0.1, 0.15) is 6.61 Å². The van der Waals surface area contributed by atoms with Gasteiger partial charge in [0, 0.05) is 19.4 Å². The summed E-state index contributed by atoms with van der Waals surface area (Å²) in [5.41, 5.74) is 5.41. The molecule has 0 aliphatic rings. The van der Waals surface area contributed by atoms with Gasteiger partial charge in [-0.05, 0) is 64.2 Å². The molecule has 0 amide bonds. The van der Waals surface area contributed by atoms with Gasteiger partial charge in [-0.15, -0.1) is 0 Å². The number of rotatable bonds is 75. The lowest BCUT2D eigenvalue weighted by atomic mass is 10.0. The van der Waals surface area contributed by atoms with Gasteiger partial charge in [0.15, 0.2) is 6.10 Å². The minimum absolute atomic E-state index is 0.0546. The van der Waals surface area contributed by atoms with E-state index in [1.165, 1.54) is 289 Å². The minimum Gasteiger partial charge on any atom is -0.462 e. The number of allylic oxidation sites excluding steroid dienone is 12. The van der Waals surface area contributed by atoms with E-state index in [4.69, 9.17) is 24.3 Å².